The van der Waals surface area contributed by atoms with Gasteiger partial charge in [-0.3, -0.25) is 4.79 Å². The zero-order valence-corrected chi connectivity index (χ0v) is 13.0. The lowest BCUT2D eigenvalue weighted by Gasteiger charge is -2.16. The Morgan fingerprint density at radius 2 is 2.00 bits per heavy atom. The summed E-state index contributed by atoms with van der Waals surface area (Å²) in [5.41, 5.74) is 2.14. The molecule has 1 atom stereocenters. The number of carbonyl (C=O) groups is 1. The van der Waals surface area contributed by atoms with E-state index in [0.29, 0.717) is 0 Å². The first kappa shape index (κ1) is 14.6. The van der Waals surface area contributed by atoms with E-state index < -0.39 is 0 Å². The number of nitrogens with one attached hydrogen (secondary N) is 1. The van der Waals surface area contributed by atoms with Crippen LogP contribution in [0.15, 0.2) is 30.3 Å². The van der Waals surface area contributed by atoms with Crippen molar-refractivity contribution in [3.05, 3.63) is 51.2 Å². The van der Waals surface area contributed by atoms with E-state index in [1.807, 2.05) is 51.1 Å². The van der Waals surface area contributed by atoms with E-state index in [9.17, 15) is 4.79 Å². The molecule has 1 N–H and O–H groups in total. The second-order valence-electron chi connectivity index (χ2n) is 4.79. The van der Waals surface area contributed by atoms with Crippen LogP contribution in [-0.4, -0.2) is 13.0 Å². The van der Waals surface area contributed by atoms with Crippen LogP contribution in [0.4, 0.5) is 0 Å². The van der Waals surface area contributed by atoms with Crippen molar-refractivity contribution in [3.63, 3.8) is 0 Å². The third kappa shape index (κ3) is 3.02. The molecule has 2 aromatic rings. The monoisotopic (exact) mass is 289 g/mol. The molecule has 1 aromatic heterocycles. The van der Waals surface area contributed by atoms with Gasteiger partial charge in [-0.1, -0.05) is 18.2 Å². The summed E-state index contributed by atoms with van der Waals surface area (Å²) in [6.45, 7) is 6.01. The zero-order valence-electron chi connectivity index (χ0n) is 12.2. The number of ether oxygens (including phenoxy) is 1. The highest BCUT2D eigenvalue weighted by Crippen LogP contribution is 2.26. The molecule has 0 radical (unpaired) electrons. The van der Waals surface area contributed by atoms with E-state index in [1.165, 1.54) is 16.2 Å². The van der Waals surface area contributed by atoms with Gasteiger partial charge < -0.3 is 10.1 Å². The van der Waals surface area contributed by atoms with Crippen LogP contribution in [0, 0.1) is 13.8 Å². The third-order valence-electron chi connectivity index (χ3n) is 3.34. The molecule has 1 aromatic carbocycles. The van der Waals surface area contributed by atoms with Gasteiger partial charge in [-0.15, -0.1) is 11.3 Å². The van der Waals surface area contributed by atoms with Crippen molar-refractivity contribution < 1.29 is 9.53 Å². The van der Waals surface area contributed by atoms with Gasteiger partial charge in [-0.25, -0.2) is 0 Å². The number of hydrogen-bond acceptors (Lipinski definition) is 3. The van der Waals surface area contributed by atoms with Crippen molar-refractivity contribution in [2.75, 3.05) is 7.11 Å². The lowest BCUT2D eigenvalue weighted by atomic mass is 10.1. The molecule has 0 aliphatic rings. The van der Waals surface area contributed by atoms with E-state index in [-0.39, 0.29) is 11.9 Å². The molecule has 106 valence electrons. The molecule has 0 aliphatic carbocycles. The number of rotatable bonds is 4. The third-order valence-corrected chi connectivity index (χ3v) is 4.49. The van der Waals surface area contributed by atoms with E-state index in [4.69, 9.17) is 4.74 Å². The first-order chi connectivity index (χ1) is 9.52. The summed E-state index contributed by atoms with van der Waals surface area (Å²) in [5, 5.41) is 3.02. The first-order valence-electron chi connectivity index (χ1n) is 6.53. The van der Waals surface area contributed by atoms with Crippen LogP contribution in [0.1, 0.15) is 38.6 Å². The van der Waals surface area contributed by atoms with Crippen molar-refractivity contribution in [1.82, 2.24) is 5.32 Å². The maximum atomic E-state index is 12.3. The van der Waals surface area contributed by atoms with Gasteiger partial charge in [0.25, 0.3) is 5.91 Å². The number of methoxy groups -OCH3 is 1. The summed E-state index contributed by atoms with van der Waals surface area (Å²) in [7, 11) is 1.64. The Hall–Kier alpha value is -1.81. The lowest BCUT2D eigenvalue weighted by molar-refractivity contribution is 0.0943. The number of para-hydroxylation sites is 1. The second-order valence-corrected chi connectivity index (χ2v) is 6.04. The number of aryl methyl sites for hydroxylation is 2. The predicted molar refractivity (Wildman–Crippen MR) is 82.7 cm³/mol. The molecular weight excluding hydrogens is 270 g/mol. The molecule has 1 amide bonds. The fourth-order valence-electron chi connectivity index (χ4n) is 2.05. The zero-order chi connectivity index (χ0) is 14.7. The highest BCUT2D eigenvalue weighted by Gasteiger charge is 2.16. The molecule has 0 saturated heterocycles. The molecule has 0 aliphatic heterocycles. The Bertz CT molecular complexity index is 599. The van der Waals surface area contributed by atoms with Crippen molar-refractivity contribution in [2.45, 2.75) is 26.8 Å². The Morgan fingerprint density at radius 3 is 2.60 bits per heavy atom. The van der Waals surface area contributed by atoms with Gasteiger partial charge in [0.1, 0.15) is 5.75 Å². The maximum Gasteiger partial charge on any atom is 0.261 e. The molecule has 1 heterocycles. The highest BCUT2D eigenvalue weighted by molar-refractivity contribution is 7.14. The van der Waals surface area contributed by atoms with E-state index in [2.05, 4.69) is 5.32 Å². The van der Waals surface area contributed by atoms with Crippen LogP contribution in [0.25, 0.3) is 0 Å². The molecular formula is C16H19NO2S. The van der Waals surface area contributed by atoms with Gasteiger partial charge in [0.15, 0.2) is 0 Å². The molecule has 1 unspecified atom stereocenters. The fourth-order valence-corrected chi connectivity index (χ4v) is 2.99. The number of hydrogen-bond donors (Lipinski definition) is 1. The minimum atomic E-state index is -0.0960. The number of carbonyl (C=O) groups excluding carboxylic acids is 1. The van der Waals surface area contributed by atoms with Gasteiger partial charge >= 0.3 is 0 Å². The second kappa shape index (κ2) is 6.09. The average Bonchev–Trinajstić information content (AvgIpc) is 2.78. The van der Waals surface area contributed by atoms with Gasteiger partial charge in [-0.2, -0.15) is 0 Å². The molecule has 20 heavy (non-hydrogen) atoms. The summed E-state index contributed by atoms with van der Waals surface area (Å²) in [4.78, 5) is 14.2. The van der Waals surface area contributed by atoms with Crippen LogP contribution >= 0.6 is 11.3 Å². The van der Waals surface area contributed by atoms with Crippen LogP contribution < -0.4 is 10.1 Å². The Kier molecular flexibility index (Phi) is 4.45. The maximum absolute atomic E-state index is 12.3. The summed E-state index contributed by atoms with van der Waals surface area (Å²) in [6, 6.07) is 9.57. The quantitative estimate of drug-likeness (QED) is 0.928. The number of amides is 1. The minimum absolute atomic E-state index is 0.0374. The van der Waals surface area contributed by atoms with Gasteiger partial charge in [0.05, 0.1) is 18.0 Å². The molecule has 0 spiro atoms. The van der Waals surface area contributed by atoms with Gasteiger partial charge in [0, 0.05) is 10.4 Å². The Balaban J connectivity index is 2.15. The number of thiophene rings is 1. The summed E-state index contributed by atoms with van der Waals surface area (Å²) in [6.07, 6.45) is 0. The van der Waals surface area contributed by atoms with E-state index >= 15 is 0 Å². The Labute approximate surface area is 123 Å². The van der Waals surface area contributed by atoms with Crippen molar-refractivity contribution in [3.8, 4) is 5.75 Å². The topological polar surface area (TPSA) is 38.3 Å². The molecule has 0 saturated carbocycles. The van der Waals surface area contributed by atoms with Crippen molar-refractivity contribution >= 4 is 17.2 Å². The molecule has 2 rings (SSSR count). The number of benzene rings is 1. The van der Waals surface area contributed by atoms with Crippen molar-refractivity contribution in [1.29, 1.82) is 0 Å². The minimum Gasteiger partial charge on any atom is -0.496 e. The molecule has 4 heteroatoms. The molecule has 0 fully saturated rings. The molecule has 3 nitrogen and oxygen atoms in total. The highest BCUT2D eigenvalue weighted by atomic mass is 32.1. The largest absolute Gasteiger partial charge is 0.496 e. The van der Waals surface area contributed by atoms with E-state index in [0.717, 1.165) is 21.8 Å². The molecule has 0 bridgehead atoms. The van der Waals surface area contributed by atoms with E-state index in [1.54, 1.807) is 7.11 Å². The average molecular weight is 289 g/mol. The fraction of sp³-hybridized carbons (Fsp3) is 0.312. The normalized spacial score (nSPS) is 12.0. The standard InChI is InChI=1S/C16H19NO2S/c1-10-9-15(20-12(10)3)16(18)17-11(2)13-7-5-6-8-14(13)19-4/h5-9,11H,1-4H3,(H,17,18). The summed E-state index contributed by atoms with van der Waals surface area (Å²) >= 11 is 1.53. The van der Waals surface area contributed by atoms with Crippen LogP contribution in [0.5, 0.6) is 5.75 Å². The van der Waals surface area contributed by atoms with Gasteiger partial charge in [0.2, 0.25) is 0 Å². The van der Waals surface area contributed by atoms with Crippen LogP contribution in [0.3, 0.4) is 0 Å². The van der Waals surface area contributed by atoms with Crippen LogP contribution in [0.2, 0.25) is 0 Å². The predicted octanol–water partition coefficient (Wildman–Crippen LogP) is 3.86. The van der Waals surface area contributed by atoms with Gasteiger partial charge in [-0.05, 0) is 38.5 Å². The lowest BCUT2D eigenvalue weighted by Crippen LogP contribution is -2.26. The summed E-state index contributed by atoms with van der Waals surface area (Å²) in [5.74, 6) is 0.753. The SMILES string of the molecule is COc1ccccc1C(C)NC(=O)c1cc(C)c(C)s1. The van der Waals surface area contributed by atoms with Crippen molar-refractivity contribution in [2.24, 2.45) is 0 Å². The Morgan fingerprint density at radius 1 is 1.30 bits per heavy atom. The first-order valence-corrected chi connectivity index (χ1v) is 7.35. The summed E-state index contributed by atoms with van der Waals surface area (Å²) < 4.78 is 5.33. The smallest absolute Gasteiger partial charge is 0.261 e. The van der Waals surface area contributed by atoms with Crippen LogP contribution in [-0.2, 0) is 0 Å².